The predicted octanol–water partition coefficient (Wildman–Crippen LogP) is 5.02. The van der Waals surface area contributed by atoms with Gasteiger partial charge in [-0.2, -0.15) is 0 Å². The number of nitrogens with zero attached hydrogens (tertiary/aromatic N) is 2. The molecule has 1 unspecified atom stereocenters. The summed E-state index contributed by atoms with van der Waals surface area (Å²) >= 11 is 0. The summed E-state index contributed by atoms with van der Waals surface area (Å²) in [6, 6.07) is 19.8. The first-order valence-electron chi connectivity index (χ1n) is 13.2. The van der Waals surface area contributed by atoms with E-state index in [9.17, 15) is 9.59 Å². The maximum Gasteiger partial charge on any atom is 0.259 e. The second kappa shape index (κ2) is 10.1. The van der Waals surface area contributed by atoms with E-state index < -0.39 is 5.92 Å². The summed E-state index contributed by atoms with van der Waals surface area (Å²) in [5.41, 5.74) is 6.34. The van der Waals surface area contributed by atoms with Gasteiger partial charge in [0.1, 0.15) is 5.75 Å². The van der Waals surface area contributed by atoms with Gasteiger partial charge in [-0.05, 0) is 53.1 Å². The number of nitrogens with one attached hydrogen (secondary N) is 1. The first kappa shape index (κ1) is 25.6. The van der Waals surface area contributed by atoms with E-state index in [2.05, 4.69) is 22.1 Å². The SMILES string of the molecule is COc1ccc(CCOc2ccc(C3C4=C(CN(C(C)=O)C4=O)Nc4cccc5c4c3cn5C)cc2OC)cc1. The topological polar surface area (TPSA) is 82.0 Å². The number of amides is 2. The number of anilines is 1. The number of carbonyl (C=O) groups is 2. The van der Waals surface area contributed by atoms with Crippen LogP contribution in [0.2, 0.25) is 0 Å². The molecule has 6 rings (SSSR count). The van der Waals surface area contributed by atoms with E-state index in [1.165, 1.54) is 11.8 Å². The van der Waals surface area contributed by atoms with Crippen LogP contribution in [0.3, 0.4) is 0 Å². The highest BCUT2D eigenvalue weighted by Gasteiger charge is 2.41. The molecule has 2 aliphatic rings. The quantitative estimate of drug-likeness (QED) is 0.357. The van der Waals surface area contributed by atoms with E-state index in [1.54, 1.807) is 14.2 Å². The van der Waals surface area contributed by atoms with Crippen LogP contribution in [0, 0.1) is 0 Å². The Labute approximate surface area is 232 Å². The van der Waals surface area contributed by atoms with Crippen LogP contribution in [0.25, 0.3) is 10.9 Å². The lowest BCUT2D eigenvalue weighted by atomic mass is 9.84. The van der Waals surface area contributed by atoms with Crippen LogP contribution in [0.5, 0.6) is 17.2 Å². The van der Waals surface area contributed by atoms with Crippen LogP contribution < -0.4 is 19.5 Å². The fraction of sp³-hybridized carbons (Fsp3) is 0.250. The Morgan fingerprint density at radius 1 is 1.02 bits per heavy atom. The van der Waals surface area contributed by atoms with E-state index in [0.29, 0.717) is 23.7 Å². The van der Waals surface area contributed by atoms with Crippen molar-refractivity contribution in [1.82, 2.24) is 9.47 Å². The third-order valence-electron chi connectivity index (χ3n) is 7.75. The number of aryl methyl sites for hydroxylation is 1. The number of rotatable bonds is 7. The fourth-order valence-corrected chi connectivity index (χ4v) is 5.77. The number of ether oxygens (including phenoxy) is 3. The minimum absolute atomic E-state index is 0.219. The predicted molar refractivity (Wildman–Crippen MR) is 153 cm³/mol. The highest BCUT2D eigenvalue weighted by molar-refractivity contribution is 6.11. The van der Waals surface area contributed by atoms with Crippen molar-refractivity contribution in [3.8, 4) is 17.2 Å². The molecule has 3 aromatic carbocycles. The smallest absolute Gasteiger partial charge is 0.259 e. The second-order valence-electron chi connectivity index (χ2n) is 10.1. The molecule has 1 atom stereocenters. The van der Waals surface area contributed by atoms with E-state index in [-0.39, 0.29) is 18.4 Å². The van der Waals surface area contributed by atoms with Crippen molar-refractivity contribution in [3.63, 3.8) is 0 Å². The van der Waals surface area contributed by atoms with E-state index >= 15 is 0 Å². The molecule has 0 bridgehead atoms. The first-order valence-corrected chi connectivity index (χ1v) is 13.2. The zero-order valence-corrected chi connectivity index (χ0v) is 23.0. The summed E-state index contributed by atoms with van der Waals surface area (Å²) in [7, 11) is 5.27. The molecule has 0 spiro atoms. The first-order chi connectivity index (χ1) is 19.4. The van der Waals surface area contributed by atoms with E-state index in [4.69, 9.17) is 14.2 Å². The third-order valence-corrected chi connectivity index (χ3v) is 7.75. The molecule has 1 N–H and O–H groups in total. The van der Waals surface area contributed by atoms with Gasteiger partial charge in [0.2, 0.25) is 5.91 Å². The number of aromatic nitrogens is 1. The average molecular weight is 538 g/mol. The molecule has 0 saturated carbocycles. The Morgan fingerprint density at radius 3 is 2.55 bits per heavy atom. The van der Waals surface area contributed by atoms with Gasteiger partial charge in [0.15, 0.2) is 11.5 Å². The Morgan fingerprint density at radius 2 is 1.82 bits per heavy atom. The molecule has 8 nitrogen and oxygen atoms in total. The summed E-state index contributed by atoms with van der Waals surface area (Å²) < 4.78 is 19.2. The lowest BCUT2D eigenvalue weighted by molar-refractivity contribution is -0.139. The molecule has 2 amide bonds. The van der Waals surface area contributed by atoms with Crippen LogP contribution in [0.1, 0.15) is 29.5 Å². The van der Waals surface area contributed by atoms with Crippen molar-refractivity contribution < 1.29 is 23.8 Å². The molecule has 0 aliphatic carbocycles. The Kier molecular flexibility index (Phi) is 6.46. The third kappa shape index (κ3) is 4.25. The number of carbonyl (C=O) groups excluding carboxylic acids is 2. The lowest BCUT2D eigenvalue weighted by Crippen LogP contribution is -2.33. The zero-order chi connectivity index (χ0) is 28.0. The molecule has 2 aliphatic heterocycles. The number of hydrogen-bond donors (Lipinski definition) is 1. The lowest BCUT2D eigenvalue weighted by Gasteiger charge is -2.21. The minimum Gasteiger partial charge on any atom is -0.497 e. The maximum absolute atomic E-state index is 13.7. The summed E-state index contributed by atoms with van der Waals surface area (Å²) in [6.07, 6.45) is 2.81. The normalized spacial score (nSPS) is 16.1. The molecule has 8 heteroatoms. The van der Waals surface area contributed by atoms with Gasteiger partial charge in [-0.25, -0.2) is 0 Å². The number of imide groups is 1. The molecule has 204 valence electrons. The van der Waals surface area contributed by atoms with Crippen LogP contribution in [-0.4, -0.2) is 48.7 Å². The van der Waals surface area contributed by atoms with Gasteiger partial charge in [-0.1, -0.05) is 24.3 Å². The van der Waals surface area contributed by atoms with Gasteiger partial charge in [0.05, 0.1) is 38.5 Å². The number of methoxy groups -OCH3 is 2. The Balaban J connectivity index is 1.37. The van der Waals surface area contributed by atoms with Crippen molar-refractivity contribution in [2.45, 2.75) is 19.3 Å². The number of hydrogen-bond acceptors (Lipinski definition) is 6. The van der Waals surface area contributed by atoms with Gasteiger partial charge < -0.3 is 24.1 Å². The number of benzene rings is 3. The van der Waals surface area contributed by atoms with Gasteiger partial charge in [0.25, 0.3) is 5.91 Å². The van der Waals surface area contributed by atoms with Crippen molar-refractivity contribution >= 4 is 28.4 Å². The van der Waals surface area contributed by atoms with Gasteiger partial charge in [-0.3, -0.25) is 14.5 Å². The molecule has 3 heterocycles. The molecule has 0 fully saturated rings. The highest BCUT2D eigenvalue weighted by atomic mass is 16.5. The second-order valence-corrected chi connectivity index (χ2v) is 10.1. The molecule has 4 aromatic rings. The van der Waals surface area contributed by atoms with Gasteiger partial charge in [0, 0.05) is 49.3 Å². The highest BCUT2D eigenvalue weighted by Crippen LogP contribution is 2.47. The van der Waals surface area contributed by atoms with E-state index in [0.717, 1.165) is 51.1 Å². The largest absolute Gasteiger partial charge is 0.497 e. The standard InChI is InChI=1S/C32H31N3O5/c1-19(36)35-18-25-31(32(35)37)29(23-17-34(2)26-7-5-6-24(33-25)30(23)26)21-10-13-27(28(16-21)39-4)40-15-14-20-8-11-22(38-3)12-9-20/h5-13,16-17,29,33H,14-15,18H2,1-4H3. The maximum atomic E-state index is 13.7. The molecule has 0 radical (unpaired) electrons. The van der Waals surface area contributed by atoms with Crippen LogP contribution in [0.15, 0.2) is 78.1 Å². The van der Waals surface area contributed by atoms with Crippen molar-refractivity contribution in [3.05, 3.63) is 94.8 Å². The summed E-state index contributed by atoms with van der Waals surface area (Å²) in [6.45, 7) is 2.12. The van der Waals surface area contributed by atoms with Crippen LogP contribution >= 0.6 is 0 Å². The molecule has 1 aromatic heterocycles. The zero-order valence-electron chi connectivity index (χ0n) is 23.0. The van der Waals surface area contributed by atoms with E-state index in [1.807, 2.05) is 61.6 Å². The molecule has 0 saturated heterocycles. The average Bonchev–Trinajstić information content (AvgIpc) is 3.42. The van der Waals surface area contributed by atoms with Gasteiger partial charge >= 0.3 is 0 Å². The Bertz CT molecular complexity index is 1670. The van der Waals surface area contributed by atoms with Crippen molar-refractivity contribution in [2.24, 2.45) is 7.05 Å². The van der Waals surface area contributed by atoms with Crippen molar-refractivity contribution in [2.75, 3.05) is 32.7 Å². The Hall–Kier alpha value is -4.72. The summed E-state index contributed by atoms with van der Waals surface area (Å²) in [5, 5.41) is 4.55. The fourth-order valence-electron chi connectivity index (χ4n) is 5.77. The monoisotopic (exact) mass is 537 g/mol. The summed E-state index contributed by atoms with van der Waals surface area (Å²) in [5.74, 6) is 1.09. The van der Waals surface area contributed by atoms with Gasteiger partial charge in [-0.15, -0.1) is 0 Å². The molecule has 40 heavy (non-hydrogen) atoms. The summed E-state index contributed by atoms with van der Waals surface area (Å²) in [4.78, 5) is 27.3. The van der Waals surface area contributed by atoms with Crippen LogP contribution in [-0.2, 0) is 23.1 Å². The minimum atomic E-state index is -0.394. The molecular formula is C32H31N3O5. The van der Waals surface area contributed by atoms with Crippen LogP contribution in [0.4, 0.5) is 5.69 Å². The van der Waals surface area contributed by atoms with Crippen molar-refractivity contribution in [1.29, 1.82) is 0 Å². The molecular weight excluding hydrogens is 506 g/mol.